The third-order valence-corrected chi connectivity index (χ3v) is 3.98. The van der Waals surface area contributed by atoms with Gasteiger partial charge in [0, 0.05) is 25.5 Å². The molecule has 1 aromatic heterocycles. The topological polar surface area (TPSA) is 71.1 Å². The summed E-state index contributed by atoms with van der Waals surface area (Å²) in [6.07, 6.45) is 5.80. The van der Waals surface area contributed by atoms with Gasteiger partial charge >= 0.3 is 0 Å². The Hall–Kier alpha value is -0.950. The van der Waals surface area contributed by atoms with E-state index in [1.807, 2.05) is 6.08 Å². The molecule has 0 spiro atoms. The quantitative estimate of drug-likeness (QED) is 0.801. The van der Waals surface area contributed by atoms with E-state index in [4.69, 9.17) is 0 Å². The van der Waals surface area contributed by atoms with Gasteiger partial charge in [0.15, 0.2) is 0 Å². The molecular formula is C11H16ClN3O2S. The van der Waals surface area contributed by atoms with Crippen molar-refractivity contribution in [2.24, 2.45) is 0 Å². The number of rotatable bonds is 4. The molecule has 18 heavy (non-hydrogen) atoms. The maximum absolute atomic E-state index is 11.9. The maximum atomic E-state index is 11.9. The van der Waals surface area contributed by atoms with Crippen LogP contribution in [0.25, 0.3) is 0 Å². The zero-order valence-electron chi connectivity index (χ0n) is 9.80. The SMILES string of the molecule is Cl.O=S(=O)(NCC1=CCNCC1)c1cccnc1. The fourth-order valence-electron chi connectivity index (χ4n) is 1.61. The van der Waals surface area contributed by atoms with Crippen molar-refractivity contribution >= 4 is 22.4 Å². The minimum atomic E-state index is -3.43. The molecule has 0 fully saturated rings. The highest BCUT2D eigenvalue weighted by molar-refractivity contribution is 7.89. The van der Waals surface area contributed by atoms with Crippen LogP contribution in [0.2, 0.25) is 0 Å². The molecule has 0 saturated carbocycles. The van der Waals surface area contributed by atoms with Gasteiger partial charge in [0.2, 0.25) is 10.0 Å². The van der Waals surface area contributed by atoms with Crippen molar-refractivity contribution in [1.82, 2.24) is 15.0 Å². The number of nitrogens with one attached hydrogen (secondary N) is 2. The van der Waals surface area contributed by atoms with Crippen LogP contribution >= 0.6 is 12.4 Å². The Morgan fingerprint density at radius 3 is 2.89 bits per heavy atom. The van der Waals surface area contributed by atoms with E-state index in [0.29, 0.717) is 6.54 Å². The predicted molar refractivity (Wildman–Crippen MR) is 72.2 cm³/mol. The number of sulfonamides is 1. The molecule has 0 aliphatic carbocycles. The van der Waals surface area contributed by atoms with Crippen LogP contribution in [0.5, 0.6) is 0 Å². The summed E-state index contributed by atoms with van der Waals surface area (Å²) in [5.74, 6) is 0. The molecule has 1 aromatic rings. The molecule has 2 rings (SSSR count). The second kappa shape index (κ2) is 6.84. The van der Waals surface area contributed by atoms with E-state index in [0.717, 1.165) is 25.1 Å². The van der Waals surface area contributed by atoms with Gasteiger partial charge in [-0.15, -0.1) is 12.4 Å². The fraction of sp³-hybridized carbons (Fsp3) is 0.364. The summed E-state index contributed by atoms with van der Waals surface area (Å²) in [4.78, 5) is 4.01. The van der Waals surface area contributed by atoms with Gasteiger partial charge in [0.1, 0.15) is 4.90 Å². The Bertz CT molecular complexity index is 502. The maximum Gasteiger partial charge on any atom is 0.242 e. The lowest BCUT2D eigenvalue weighted by Crippen LogP contribution is -2.29. The van der Waals surface area contributed by atoms with E-state index >= 15 is 0 Å². The van der Waals surface area contributed by atoms with Crippen molar-refractivity contribution in [2.45, 2.75) is 11.3 Å². The van der Waals surface area contributed by atoms with E-state index < -0.39 is 10.0 Å². The zero-order chi connectivity index (χ0) is 12.1. The lowest BCUT2D eigenvalue weighted by molar-refractivity contribution is 0.582. The summed E-state index contributed by atoms with van der Waals surface area (Å²) in [6.45, 7) is 2.09. The Morgan fingerprint density at radius 2 is 2.28 bits per heavy atom. The highest BCUT2D eigenvalue weighted by atomic mass is 35.5. The van der Waals surface area contributed by atoms with Crippen LogP contribution in [0.15, 0.2) is 41.1 Å². The highest BCUT2D eigenvalue weighted by Crippen LogP contribution is 2.08. The molecule has 0 aromatic carbocycles. The molecule has 5 nitrogen and oxygen atoms in total. The first kappa shape index (κ1) is 15.1. The van der Waals surface area contributed by atoms with Gasteiger partial charge in [-0.2, -0.15) is 0 Å². The van der Waals surface area contributed by atoms with E-state index in [2.05, 4.69) is 15.0 Å². The van der Waals surface area contributed by atoms with Gasteiger partial charge in [-0.05, 0) is 25.1 Å². The van der Waals surface area contributed by atoms with Crippen molar-refractivity contribution in [2.75, 3.05) is 19.6 Å². The molecule has 0 unspecified atom stereocenters. The highest BCUT2D eigenvalue weighted by Gasteiger charge is 2.14. The number of aromatic nitrogens is 1. The van der Waals surface area contributed by atoms with Crippen LogP contribution in [0, 0.1) is 0 Å². The molecule has 0 saturated heterocycles. The average Bonchev–Trinajstić information content (AvgIpc) is 2.39. The van der Waals surface area contributed by atoms with Crippen molar-refractivity contribution in [3.63, 3.8) is 0 Å². The van der Waals surface area contributed by atoms with Gasteiger partial charge in [0.25, 0.3) is 0 Å². The van der Waals surface area contributed by atoms with Gasteiger partial charge in [-0.1, -0.05) is 11.6 Å². The Labute approximate surface area is 113 Å². The first-order valence-electron chi connectivity index (χ1n) is 5.47. The van der Waals surface area contributed by atoms with Crippen LogP contribution in [-0.2, 0) is 10.0 Å². The van der Waals surface area contributed by atoms with E-state index in [-0.39, 0.29) is 17.3 Å². The molecule has 100 valence electrons. The third-order valence-electron chi connectivity index (χ3n) is 2.59. The summed E-state index contributed by atoms with van der Waals surface area (Å²) in [6, 6.07) is 3.14. The van der Waals surface area contributed by atoms with Gasteiger partial charge in [-0.25, -0.2) is 13.1 Å². The fourth-order valence-corrected chi connectivity index (χ4v) is 2.61. The predicted octanol–water partition coefficient (Wildman–Crippen LogP) is 0.701. The number of pyridine rings is 1. The summed E-state index contributed by atoms with van der Waals surface area (Å²) >= 11 is 0. The van der Waals surface area contributed by atoms with Gasteiger partial charge in [-0.3, -0.25) is 4.98 Å². The van der Waals surface area contributed by atoms with Crippen LogP contribution in [0.4, 0.5) is 0 Å². The van der Waals surface area contributed by atoms with Crippen molar-refractivity contribution in [3.8, 4) is 0 Å². The average molecular weight is 290 g/mol. The first-order valence-corrected chi connectivity index (χ1v) is 6.95. The largest absolute Gasteiger partial charge is 0.313 e. The molecule has 7 heteroatoms. The van der Waals surface area contributed by atoms with Crippen molar-refractivity contribution in [3.05, 3.63) is 36.2 Å². The van der Waals surface area contributed by atoms with Crippen LogP contribution < -0.4 is 10.0 Å². The molecule has 0 amide bonds. The molecular weight excluding hydrogens is 274 g/mol. The summed E-state index contributed by atoms with van der Waals surface area (Å²) in [5.41, 5.74) is 1.12. The number of hydrogen-bond donors (Lipinski definition) is 2. The van der Waals surface area contributed by atoms with E-state index in [1.165, 1.54) is 12.3 Å². The summed E-state index contributed by atoms with van der Waals surface area (Å²) in [7, 11) is -3.43. The third kappa shape index (κ3) is 4.06. The lowest BCUT2D eigenvalue weighted by atomic mass is 10.1. The summed E-state index contributed by atoms with van der Waals surface area (Å²) < 4.78 is 26.3. The molecule has 0 radical (unpaired) electrons. The minimum absolute atomic E-state index is 0. The Kier molecular flexibility index (Phi) is 5.74. The Balaban J connectivity index is 0.00000162. The van der Waals surface area contributed by atoms with E-state index in [1.54, 1.807) is 12.3 Å². The molecule has 1 aliphatic rings. The molecule has 2 heterocycles. The van der Waals surface area contributed by atoms with Crippen LogP contribution in [0.3, 0.4) is 0 Å². The molecule has 1 aliphatic heterocycles. The smallest absolute Gasteiger partial charge is 0.242 e. The van der Waals surface area contributed by atoms with Crippen LogP contribution in [-0.4, -0.2) is 33.0 Å². The standard InChI is InChI=1S/C11H15N3O2S.ClH/c15-17(16,11-2-1-5-13-9-11)14-8-10-3-6-12-7-4-10;/h1-3,5,9,12,14H,4,6-8H2;1H. The van der Waals surface area contributed by atoms with Crippen molar-refractivity contribution in [1.29, 1.82) is 0 Å². The first-order chi connectivity index (χ1) is 8.18. The summed E-state index contributed by atoms with van der Waals surface area (Å²) in [5, 5.41) is 3.18. The number of nitrogens with zero attached hydrogens (tertiary/aromatic N) is 1. The van der Waals surface area contributed by atoms with E-state index in [9.17, 15) is 8.42 Å². The minimum Gasteiger partial charge on any atom is -0.313 e. The number of halogens is 1. The normalized spacial score (nSPS) is 15.7. The van der Waals surface area contributed by atoms with Crippen molar-refractivity contribution < 1.29 is 8.42 Å². The van der Waals surface area contributed by atoms with Gasteiger partial charge in [0.05, 0.1) is 0 Å². The second-order valence-electron chi connectivity index (χ2n) is 3.83. The molecule has 0 bridgehead atoms. The lowest BCUT2D eigenvalue weighted by Gasteiger charge is -2.14. The monoisotopic (exact) mass is 289 g/mol. The second-order valence-corrected chi connectivity index (χ2v) is 5.60. The van der Waals surface area contributed by atoms with Crippen LogP contribution in [0.1, 0.15) is 6.42 Å². The Morgan fingerprint density at radius 1 is 1.44 bits per heavy atom. The zero-order valence-corrected chi connectivity index (χ0v) is 11.4. The molecule has 2 N–H and O–H groups in total. The molecule has 0 atom stereocenters. The van der Waals surface area contributed by atoms with Gasteiger partial charge < -0.3 is 5.32 Å². The number of hydrogen-bond acceptors (Lipinski definition) is 4.